The van der Waals surface area contributed by atoms with E-state index >= 15 is 0 Å². The van der Waals surface area contributed by atoms with Crippen molar-refractivity contribution in [1.82, 2.24) is 4.90 Å². The zero-order valence-electron chi connectivity index (χ0n) is 13.4. The molecule has 130 valence electrons. The minimum atomic E-state index is -0.237. The molecule has 0 aromatic heterocycles. The molecule has 1 aliphatic carbocycles. The first-order chi connectivity index (χ1) is 11.5. The van der Waals surface area contributed by atoms with Crippen LogP contribution in [0, 0.1) is 0 Å². The molecule has 0 radical (unpaired) electrons. The van der Waals surface area contributed by atoms with Gasteiger partial charge in [0.1, 0.15) is 0 Å². The Balaban J connectivity index is 1.90. The van der Waals surface area contributed by atoms with Gasteiger partial charge in [-0.15, -0.1) is 0 Å². The van der Waals surface area contributed by atoms with Crippen LogP contribution in [0.15, 0.2) is 34.9 Å². The molecule has 3 rings (SSSR count). The van der Waals surface area contributed by atoms with E-state index in [0.717, 1.165) is 36.9 Å². The Labute approximate surface area is 146 Å². The Morgan fingerprint density at radius 2 is 1.92 bits per heavy atom. The molecule has 24 heavy (non-hydrogen) atoms. The third-order valence-electron chi connectivity index (χ3n) is 4.99. The lowest BCUT2D eigenvalue weighted by atomic mass is 9.81. The first-order valence-corrected chi connectivity index (χ1v) is 8.46. The maximum absolute atomic E-state index is 9.76. The molecule has 0 spiro atoms. The van der Waals surface area contributed by atoms with Crippen molar-refractivity contribution in [2.45, 2.75) is 31.7 Å². The maximum atomic E-state index is 9.76. The van der Waals surface area contributed by atoms with Crippen molar-refractivity contribution in [3.8, 4) is 11.5 Å². The van der Waals surface area contributed by atoms with Gasteiger partial charge in [-0.25, -0.2) is 0 Å². The van der Waals surface area contributed by atoms with Gasteiger partial charge < -0.3 is 20.4 Å². The Morgan fingerprint density at radius 3 is 2.62 bits per heavy atom. The average molecular weight is 352 g/mol. The van der Waals surface area contributed by atoms with E-state index in [2.05, 4.69) is 6.08 Å². The van der Waals surface area contributed by atoms with Gasteiger partial charge >= 0.3 is 0 Å². The topological polar surface area (TPSA) is 84.2 Å². The number of allylic oxidation sites excluding steroid dienone is 1. The summed E-state index contributed by atoms with van der Waals surface area (Å²) in [5, 5.41) is 38.8. The van der Waals surface area contributed by atoms with E-state index in [1.54, 1.807) is 0 Å². The molecule has 1 atom stereocenters. The second-order valence-corrected chi connectivity index (χ2v) is 6.79. The largest absolute Gasteiger partial charge is 0.504 e. The number of halogens is 1. The number of hydrogen-bond donors (Lipinski definition) is 4. The molecule has 0 saturated heterocycles. The van der Waals surface area contributed by atoms with Crippen molar-refractivity contribution in [3.05, 3.63) is 45.5 Å². The Morgan fingerprint density at radius 1 is 1.17 bits per heavy atom. The van der Waals surface area contributed by atoms with E-state index < -0.39 is 0 Å². The molecule has 1 heterocycles. The van der Waals surface area contributed by atoms with E-state index in [1.165, 1.54) is 23.3 Å². The number of aromatic hydroxyl groups is 2. The number of aliphatic hydroxyl groups excluding tert-OH is 2. The van der Waals surface area contributed by atoms with E-state index in [4.69, 9.17) is 11.6 Å². The second-order valence-electron chi connectivity index (χ2n) is 6.39. The Kier molecular flexibility index (Phi) is 5.15. The molecular formula is C18H22ClNO4. The van der Waals surface area contributed by atoms with Gasteiger partial charge in [-0.3, -0.25) is 4.90 Å². The summed E-state index contributed by atoms with van der Waals surface area (Å²) in [4.78, 5) is 2.00. The highest BCUT2D eigenvalue weighted by Crippen LogP contribution is 2.38. The van der Waals surface area contributed by atoms with Crippen LogP contribution >= 0.6 is 11.6 Å². The van der Waals surface area contributed by atoms with Crippen LogP contribution in [-0.4, -0.2) is 51.3 Å². The predicted octanol–water partition coefficient (Wildman–Crippen LogP) is 2.33. The quantitative estimate of drug-likeness (QED) is 0.494. The van der Waals surface area contributed by atoms with Crippen LogP contribution in [0.25, 0.3) is 0 Å². The highest BCUT2D eigenvalue weighted by Gasteiger charge is 2.31. The molecule has 1 aromatic rings. The molecule has 1 unspecified atom stereocenters. The number of phenolic OH excluding ortho intramolecular Hbond substituents is 2. The smallest absolute Gasteiger partial charge is 0.158 e. The summed E-state index contributed by atoms with van der Waals surface area (Å²) in [5.41, 5.74) is 4.37. The maximum Gasteiger partial charge on any atom is 0.158 e. The van der Waals surface area contributed by atoms with Gasteiger partial charge in [0.15, 0.2) is 11.5 Å². The van der Waals surface area contributed by atoms with Crippen molar-refractivity contribution in [1.29, 1.82) is 0 Å². The fraction of sp³-hybridized carbons (Fsp3) is 0.444. The lowest BCUT2D eigenvalue weighted by Gasteiger charge is -2.39. The average Bonchev–Trinajstić information content (AvgIpc) is 2.59. The minimum absolute atomic E-state index is 0.00307. The van der Waals surface area contributed by atoms with Crippen LogP contribution in [0.1, 0.15) is 24.8 Å². The lowest BCUT2D eigenvalue weighted by Crippen LogP contribution is -2.43. The number of benzene rings is 1. The monoisotopic (exact) mass is 351 g/mol. The molecule has 1 aromatic carbocycles. The first kappa shape index (κ1) is 17.3. The zero-order valence-corrected chi connectivity index (χ0v) is 14.1. The summed E-state index contributed by atoms with van der Waals surface area (Å²) in [6.07, 6.45) is 5.04. The Hall–Kier alpha value is -1.53. The lowest BCUT2D eigenvalue weighted by molar-refractivity contribution is 0.0729. The van der Waals surface area contributed by atoms with Gasteiger partial charge in [-0.05, 0) is 48.5 Å². The number of aliphatic hydroxyl groups is 2. The first-order valence-electron chi connectivity index (χ1n) is 8.08. The summed E-state index contributed by atoms with van der Waals surface area (Å²) >= 11 is 6.22. The summed E-state index contributed by atoms with van der Waals surface area (Å²) in [7, 11) is 0. The van der Waals surface area contributed by atoms with Gasteiger partial charge in [0.2, 0.25) is 0 Å². The fourth-order valence-corrected chi connectivity index (χ4v) is 3.87. The van der Waals surface area contributed by atoms with Crippen molar-refractivity contribution in [2.75, 3.05) is 19.9 Å². The number of phenols is 2. The van der Waals surface area contributed by atoms with E-state index in [9.17, 15) is 20.4 Å². The van der Waals surface area contributed by atoms with Crippen molar-refractivity contribution < 1.29 is 20.4 Å². The van der Waals surface area contributed by atoms with Crippen LogP contribution in [0.2, 0.25) is 5.02 Å². The van der Waals surface area contributed by atoms with Crippen LogP contribution < -0.4 is 0 Å². The molecule has 0 amide bonds. The molecule has 0 saturated carbocycles. The van der Waals surface area contributed by atoms with Crippen LogP contribution in [0.5, 0.6) is 11.5 Å². The summed E-state index contributed by atoms with van der Waals surface area (Å²) in [6.45, 7) is 0.795. The molecular weight excluding hydrogens is 330 g/mol. The van der Waals surface area contributed by atoms with Crippen molar-refractivity contribution >= 4 is 11.6 Å². The summed E-state index contributed by atoms with van der Waals surface area (Å²) < 4.78 is 0. The summed E-state index contributed by atoms with van der Waals surface area (Å²) in [5.74, 6) is -0.430. The third-order valence-corrected chi connectivity index (χ3v) is 5.34. The van der Waals surface area contributed by atoms with E-state index in [-0.39, 0.29) is 30.9 Å². The minimum Gasteiger partial charge on any atom is -0.504 e. The van der Waals surface area contributed by atoms with E-state index in [0.29, 0.717) is 11.4 Å². The highest BCUT2D eigenvalue weighted by molar-refractivity contribution is 6.31. The van der Waals surface area contributed by atoms with Gasteiger partial charge in [-0.2, -0.15) is 0 Å². The highest BCUT2D eigenvalue weighted by atomic mass is 35.5. The van der Waals surface area contributed by atoms with Gasteiger partial charge in [-0.1, -0.05) is 23.3 Å². The number of hydrogen-bond acceptors (Lipinski definition) is 5. The van der Waals surface area contributed by atoms with Gasteiger partial charge in [0.25, 0.3) is 0 Å². The summed E-state index contributed by atoms with van der Waals surface area (Å²) in [6, 6.07) is 2.83. The second kappa shape index (κ2) is 7.15. The molecule has 6 heteroatoms. The number of nitrogens with zero attached hydrogens (tertiary/aromatic N) is 1. The van der Waals surface area contributed by atoms with Gasteiger partial charge in [0, 0.05) is 23.7 Å². The van der Waals surface area contributed by atoms with Crippen LogP contribution in [0.3, 0.4) is 0 Å². The molecule has 2 aliphatic rings. The number of rotatable bonds is 4. The standard InChI is InChI=1S/C18H22ClNO4/c19-15-8-18(24)17(23)7-13(15)6-16-14-2-1-11(9-21)5-12(14)3-4-20(16)10-22/h1,7-8,16,21-24H,2-6,9-10H2. The van der Waals surface area contributed by atoms with Gasteiger partial charge in [0.05, 0.1) is 13.3 Å². The fourth-order valence-electron chi connectivity index (χ4n) is 3.64. The Bertz CT molecular complexity index is 699. The van der Waals surface area contributed by atoms with E-state index in [1.807, 2.05) is 4.90 Å². The molecule has 0 fully saturated rings. The zero-order chi connectivity index (χ0) is 17.3. The SMILES string of the molecule is OCC1=CCC2=C(CCN(CO)C2Cc2cc(O)c(O)cc2Cl)C1. The van der Waals surface area contributed by atoms with Crippen molar-refractivity contribution in [2.24, 2.45) is 0 Å². The predicted molar refractivity (Wildman–Crippen MR) is 92.1 cm³/mol. The normalized spacial score (nSPS) is 21.6. The molecule has 5 nitrogen and oxygen atoms in total. The van der Waals surface area contributed by atoms with Crippen molar-refractivity contribution in [3.63, 3.8) is 0 Å². The molecule has 1 aliphatic heterocycles. The molecule has 4 N–H and O–H groups in total. The van der Waals surface area contributed by atoms with Crippen LogP contribution in [0.4, 0.5) is 0 Å². The molecule has 0 bridgehead atoms. The van der Waals surface area contributed by atoms with Crippen LogP contribution in [-0.2, 0) is 6.42 Å². The third kappa shape index (κ3) is 3.30.